The SMILES string of the molecule is CCOc1ccc(F)c(-c2ccnc(C3=N[C@@]4(CCCN(COCC[Si](C)(C)C)C4=O)CC3)c2)c1. The average Bonchev–Trinajstić information content (AvgIpc) is 3.25. The first-order chi connectivity index (χ1) is 16.7. The molecule has 0 aliphatic carbocycles. The van der Waals surface area contributed by atoms with Crippen LogP contribution in [0.3, 0.4) is 0 Å². The predicted molar refractivity (Wildman–Crippen MR) is 139 cm³/mol. The number of nitrogens with zero attached hydrogens (tertiary/aromatic N) is 3. The summed E-state index contributed by atoms with van der Waals surface area (Å²) in [5.41, 5.74) is 1.95. The monoisotopic (exact) mass is 497 g/mol. The highest BCUT2D eigenvalue weighted by atomic mass is 28.3. The van der Waals surface area contributed by atoms with E-state index in [9.17, 15) is 9.18 Å². The van der Waals surface area contributed by atoms with Crippen LogP contribution in [-0.2, 0) is 9.53 Å². The molecular weight excluding hydrogens is 461 g/mol. The number of aliphatic imine (C=N–C) groups is 1. The summed E-state index contributed by atoms with van der Waals surface area (Å²) in [5, 5.41) is 0. The molecule has 1 fully saturated rings. The van der Waals surface area contributed by atoms with Gasteiger partial charge in [-0.25, -0.2) is 4.39 Å². The van der Waals surface area contributed by atoms with Gasteiger partial charge in [-0.2, -0.15) is 0 Å². The van der Waals surface area contributed by atoms with Crippen molar-refractivity contribution >= 4 is 19.7 Å². The van der Waals surface area contributed by atoms with Crippen LogP contribution in [0.15, 0.2) is 41.5 Å². The first-order valence-electron chi connectivity index (χ1n) is 12.6. The largest absolute Gasteiger partial charge is 0.494 e. The van der Waals surface area contributed by atoms with Gasteiger partial charge in [0.2, 0.25) is 0 Å². The summed E-state index contributed by atoms with van der Waals surface area (Å²) in [4.78, 5) is 24.7. The average molecular weight is 498 g/mol. The number of ether oxygens (including phenoxy) is 2. The summed E-state index contributed by atoms with van der Waals surface area (Å²) in [5.74, 6) is 0.361. The number of carbonyl (C=O) groups is 1. The van der Waals surface area contributed by atoms with Crippen molar-refractivity contribution in [1.82, 2.24) is 9.88 Å². The molecule has 6 nitrogen and oxygen atoms in total. The lowest BCUT2D eigenvalue weighted by atomic mass is 9.86. The smallest absolute Gasteiger partial charge is 0.252 e. The van der Waals surface area contributed by atoms with E-state index in [1.807, 2.05) is 17.9 Å². The Hall–Kier alpha value is -2.58. The van der Waals surface area contributed by atoms with E-state index in [-0.39, 0.29) is 11.7 Å². The highest BCUT2D eigenvalue weighted by molar-refractivity contribution is 6.76. The molecule has 0 radical (unpaired) electrons. The van der Waals surface area contributed by atoms with E-state index < -0.39 is 13.6 Å². The van der Waals surface area contributed by atoms with E-state index >= 15 is 0 Å². The first-order valence-corrected chi connectivity index (χ1v) is 16.3. The highest BCUT2D eigenvalue weighted by Crippen LogP contribution is 2.37. The van der Waals surface area contributed by atoms with Gasteiger partial charge in [-0.15, -0.1) is 0 Å². The maximum Gasteiger partial charge on any atom is 0.252 e. The molecule has 2 aromatic rings. The minimum Gasteiger partial charge on any atom is -0.494 e. The third-order valence-corrected chi connectivity index (χ3v) is 8.39. The lowest BCUT2D eigenvalue weighted by Gasteiger charge is -2.37. The van der Waals surface area contributed by atoms with Gasteiger partial charge in [-0.3, -0.25) is 14.8 Å². The van der Waals surface area contributed by atoms with E-state index in [1.54, 1.807) is 24.4 Å². The number of aromatic nitrogens is 1. The second-order valence-corrected chi connectivity index (χ2v) is 16.2. The van der Waals surface area contributed by atoms with Crippen molar-refractivity contribution < 1.29 is 18.7 Å². The maximum atomic E-state index is 14.6. The van der Waals surface area contributed by atoms with Crippen LogP contribution in [0.2, 0.25) is 25.7 Å². The molecule has 35 heavy (non-hydrogen) atoms. The Balaban J connectivity index is 1.51. The molecule has 1 atom stereocenters. The number of halogens is 1. The van der Waals surface area contributed by atoms with Crippen LogP contribution in [0.4, 0.5) is 4.39 Å². The van der Waals surface area contributed by atoms with Crippen LogP contribution < -0.4 is 4.74 Å². The summed E-state index contributed by atoms with van der Waals surface area (Å²) >= 11 is 0. The van der Waals surface area contributed by atoms with Crippen molar-refractivity contribution in [2.45, 2.75) is 63.8 Å². The van der Waals surface area contributed by atoms with Gasteiger partial charge in [0.1, 0.15) is 23.8 Å². The summed E-state index contributed by atoms with van der Waals surface area (Å²) < 4.78 is 26.0. The predicted octanol–water partition coefficient (Wildman–Crippen LogP) is 5.54. The zero-order chi connectivity index (χ0) is 25.1. The molecule has 0 bridgehead atoms. The number of hydrogen-bond acceptors (Lipinski definition) is 5. The molecule has 1 spiro atoms. The van der Waals surface area contributed by atoms with Crippen LogP contribution in [0, 0.1) is 5.82 Å². The molecule has 0 unspecified atom stereocenters. The van der Waals surface area contributed by atoms with Gasteiger partial charge in [-0.1, -0.05) is 19.6 Å². The van der Waals surface area contributed by atoms with Gasteiger partial charge in [-0.05, 0) is 74.5 Å². The van der Waals surface area contributed by atoms with E-state index in [0.717, 1.165) is 24.6 Å². The Labute approximate surface area is 208 Å². The third kappa shape index (κ3) is 5.98. The van der Waals surface area contributed by atoms with Crippen LogP contribution in [0.25, 0.3) is 11.1 Å². The molecule has 188 valence electrons. The summed E-state index contributed by atoms with van der Waals surface area (Å²) in [6, 6.07) is 9.48. The molecule has 0 saturated carbocycles. The van der Waals surface area contributed by atoms with Crippen LogP contribution in [-0.4, -0.2) is 61.6 Å². The van der Waals surface area contributed by atoms with Gasteiger partial charge in [0.15, 0.2) is 0 Å². The second-order valence-electron chi connectivity index (χ2n) is 10.6. The molecule has 4 rings (SSSR count). The molecular formula is C27H36FN3O3Si. The van der Waals surface area contributed by atoms with Crippen molar-refractivity contribution in [3.05, 3.63) is 48.0 Å². The van der Waals surface area contributed by atoms with Crippen molar-refractivity contribution in [1.29, 1.82) is 0 Å². The Bertz CT molecular complexity index is 1100. The summed E-state index contributed by atoms with van der Waals surface area (Å²) in [6.45, 7) is 11.1. The number of rotatable bonds is 9. The van der Waals surface area contributed by atoms with Gasteiger partial charge in [0.05, 0.1) is 18.0 Å². The Morgan fingerprint density at radius 2 is 2.00 bits per heavy atom. The van der Waals surface area contributed by atoms with E-state index in [0.29, 0.717) is 61.9 Å². The van der Waals surface area contributed by atoms with Crippen molar-refractivity contribution in [3.8, 4) is 16.9 Å². The number of pyridine rings is 1. The first kappa shape index (κ1) is 25.5. The fraction of sp³-hybridized carbons (Fsp3) is 0.519. The second kappa shape index (κ2) is 10.6. The summed E-state index contributed by atoms with van der Waals surface area (Å²) in [6.07, 6.45) is 4.67. The van der Waals surface area contributed by atoms with Crippen molar-refractivity contribution in [2.24, 2.45) is 4.99 Å². The van der Waals surface area contributed by atoms with Crippen molar-refractivity contribution in [2.75, 3.05) is 26.5 Å². The number of piperidine rings is 1. The Morgan fingerprint density at radius 1 is 1.17 bits per heavy atom. The number of hydrogen-bond donors (Lipinski definition) is 0. The molecule has 2 aliphatic rings. The quantitative estimate of drug-likeness (QED) is 0.337. The van der Waals surface area contributed by atoms with Crippen LogP contribution >= 0.6 is 0 Å². The van der Waals surface area contributed by atoms with E-state index in [1.165, 1.54) is 6.07 Å². The van der Waals surface area contributed by atoms with E-state index in [2.05, 4.69) is 24.6 Å². The minimum atomic E-state index is -1.17. The number of carbonyl (C=O) groups excluding carboxylic acids is 1. The van der Waals surface area contributed by atoms with Gasteiger partial charge >= 0.3 is 0 Å². The topological polar surface area (TPSA) is 64.0 Å². The normalized spacial score (nSPS) is 20.4. The molecule has 1 aromatic heterocycles. The molecule has 8 heteroatoms. The summed E-state index contributed by atoms with van der Waals surface area (Å²) in [7, 11) is -1.17. The minimum absolute atomic E-state index is 0.0540. The van der Waals surface area contributed by atoms with E-state index in [4.69, 9.17) is 14.5 Å². The zero-order valence-corrected chi connectivity index (χ0v) is 22.3. The van der Waals surface area contributed by atoms with Gasteiger partial charge < -0.3 is 14.4 Å². The van der Waals surface area contributed by atoms with Gasteiger partial charge in [0, 0.05) is 33.0 Å². The third-order valence-electron chi connectivity index (χ3n) is 6.69. The van der Waals surface area contributed by atoms with Crippen molar-refractivity contribution in [3.63, 3.8) is 0 Å². The number of likely N-dealkylation sites (tertiary alicyclic amines) is 1. The number of amides is 1. The molecule has 0 N–H and O–H groups in total. The number of benzene rings is 1. The molecule has 3 heterocycles. The molecule has 1 amide bonds. The molecule has 1 aromatic carbocycles. The molecule has 1 saturated heterocycles. The lowest BCUT2D eigenvalue weighted by molar-refractivity contribution is -0.146. The Kier molecular flexibility index (Phi) is 7.71. The van der Waals surface area contributed by atoms with Crippen LogP contribution in [0.1, 0.15) is 38.3 Å². The fourth-order valence-electron chi connectivity index (χ4n) is 4.70. The maximum absolute atomic E-state index is 14.6. The zero-order valence-electron chi connectivity index (χ0n) is 21.3. The lowest BCUT2D eigenvalue weighted by Crippen LogP contribution is -2.52. The van der Waals surface area contributed by atoms with Crippen LogP contribution in [0.5, 0.6) is 5.75 Å². The highest BCUT2D eigenvalue weighted by Gasteiger charge is 2.47. The Morgan fingerprint density at radius 3 is 2.77 bits per heavy atom. The molecule has 2 aliphatic heterocycles. The fourth-order valence-corrected chi connectivity index (χ4v) is 5.45. The standard InChI is InChI=1S/C27H36FN3O3Si/c1-5-34-21-7-8-23(28)22(18-21)20-10-13-29-25(17-20)24-9-12-27(30-24)11-6-14-31(26(27)32)19-33-15-16-35(2,3)4/h7-8,10,13,17-18H,5-6,9,11-12,14-16,19H2,1-4H3/t27-/m0/s1. The van der Waals surface area contributed by atoms with Gasteiger partial charge in [0.25, 0.3) is 5.91 Å².